The lowest BCUT2D eigenvalue weighted by molar-refractivity contribution is -0.334. The molecule has 0 radical (unpaired) electrons. The van der Waals surface area contributed by atoms with E-state index in [1.807, 2.05) is 0 Å². The van der Waals surface area contributed by atoms with Gasteiger partial charge >= 0.3 is 12.4 Å². The maximum atomic E-state index is 13.2. The third-order valence-electron chi connectivity index (χ3n) is 4.96. The Balaban J connectivity index is 1.88. The molecular formula is C15H15ClF6N4O. The van der Waals surface area contributed by atoms with Crippen molar-refractivity contribution >= 4 is 23.5 Å². The Labute approximate surface area is 155 Å². The summed E-state index contributed by atoms with van der Waals surface area (Å²) in [6, 6.07) is 0. The van der Waals surface area contributed by atoms with Crippen LogP contribution in [0.5, 0.6) is 0 Å². The third-order valence-corrected chi connectivity index (χ3v) is 5.24. The fourth-order valence-corrected chi connectivity index (χ4v) is 3.51. The van der Waals surface area contributed by atoms with Gasteiger partial charge in [-0.05, 0) is 19.3 Å². The van der Waals surface area contributed by atoms with Crippen molar-refractivity contribution < 1.29 is 31.1 Å². The van der Waals surface area contributed by atoms with Crippen molar-refractivity contribution in [2.24, 2.45) is 5.41 Å². The van der Waals surface area contributed by atoms with Gasteiger partial charge in [-0.15, -0.1) is 0 Å². The first-order chi connectivity index (χ1) is 12.5. The average Bonchev–Trinajstić information content (AvgIpc) is 3.24. The normalized spacial score (nSPS) is 20.4. The number of carbonyl (C=O) groups excluding carboxylic acids is 1. The highest BCUT2D eigenvalue weighted by Gasteiger charge is 2.73. The maximum absolute atomic E-state index is 13.2. The number of hydrogen-bond acceptors (Lipinski definition) is 4. The number of halogens is 7. The summed E-state index contributed by atoms with van der Waals surface area (Å²) in [5.74, 6) is -0.893. The molecule has 0 spiro atoms. The topological polar surface area (TPSA) is 49.3 Å². The second kappa shape index (κ2) is 6.68. The zero-order valence-electron chi connectivity index (χ0n) is 13.9. The van der Waals surface area contributed by atoms with Gasteiger partial charge < -0.3 is 9.80 Å². The molecule has 12 heteroatoms. The van der Waals surface area contributed by atoms with Gasteiger partial charge in [-0.2, -0.15) is 26.3 Å². The van der Waals surface area contributed by atoms with Crippen molar-refractivity contribution in [3.05, 3.63) is 16.9 Å². The van der Waals surface area contributed by atoms with E-state index in [1.165, 1.54) is 0 Å². The largest absolute Gasteiger partial charge is 0.404 e. The summed E-state index contributed by atoms with van der Waals surface area (Å²) in [6.45, 7) is -0.927. The van der Waals surface area contributed by atoms with Crippen molar-refractivity contribution in [3.63, 3.8) is 0 Å². The van der Waals surface area contributed by atoms with Crippen LogP contribution in [0.1, 0.15) is 29.8 Å². The lowest BCUT2D eigenvalue weighted by atomic mass is 9.85. The first kappa shape index (κ1) is 20.0. The number of carbonyl (C=O) groups is 1. The molecule has 0 N–H and O–H groups in total. The molecule has 1 aromatic heterocycles. The van der Waals surface area contributed by atoms with E-state index in [1.54, 1.807) is 4.90 Å². The van der Waals surface area contributed by atoms with Gasteiger partial charge in [-0.3, -0.25) is 4.79 Å². The number of anilines is 1. The highest BCUT2D eigenvalue weighted by Crippen LogP contribution is 2.55. The van der Waals surface area contributed by atoms with Gasteiger partial charge in [-0.25, -0.2) is 9.97 Å². The minimum Gasteiger partial charge on any atom is -0.341 e. The SMILES string of the molecule is O=C(c1nc(N2CCCC2)ncc1Cl)N1CCC(C(F)(F)F)(C(F)(F)F)C1. The molecule has 0 bridgehead atoms. The Morgan fingerprint density at radius 1 is 1.07 bits per heavy atom. The lowest BCUT2D eigenvalue weighted by Gasteiger charge is -2.33. The molecule has 3 rings (SSSR count). The monoisotopic (exact) mass is 416 g/mol. The van der Waals surface area contributed by atoms with Crippen molar-refractivity contribution in [1.82, 2.24) is 14.9 Å². The smallest absolute Gasteiger partial charge is 0.341 e. The summed E-state index contributed by atoms with van der Waals surface area (Å²) in [7, 11) is 0. The van der Waals surface area contributed by atoms with E-state index in [-0.39, 0.29) is 11.0 Å². The molecule has 0 unspecified atom stereocenters. The highest BCUT2D eigenvalue weighted by atomic mass is 35.5. The van der Waals surface area contributed by atoms with Gasteiger partial charge in [0.05, 0.1) is 11.2 Å². The summed E-state index contributed by atoms with van der Waals surface area (Å²) in [5.41, 5.74) is -4.35. The van der Waals surface area contributed by atoms with Crippen LogP contribution in [0.25, 0.3) is 0 Å². The van der Waals surface area contributed by atoms with Gasteiger partial charge in [0, 0.05) is 26.2 Å². The van der Waals surface area contributed by atoms with Crippen LogP contribution in [0.3, 0.4) is 0 Å². The summed E-state index contributed by atoms with van der Waals surface area (Å²) in [5, 5.41) is -0.223. The van der Waals surface area contributed by atoms with E-state index < -0.39 is 48.9 Å². The molecule has 0 aliphatic carbocycles. The molecular weight excluding hydrogens is 402 g/mol. The summed E-state index contributed by atoms with van der Waals surface area (Å²) < 4.78 is 79.1. The average molecular weight is 417 g/mol. The number of rotatable bonds is 2. The second-order valence-electron chi connectivity index (χ2n) is 6.62. The van der Waals surface area contributed by atoms with E-state index >= 15 is 0 Å². The molecule has 0 atom stereocenters. The van der Waals surface area contributed by atoms with Crippen LogP contribution >= 0.6 is 11.6 Å². The van der Waals surface area contributed by atoms with Gasteiger partial charge in [0.25, 0.3) is 5.91 Å². The number of nitrogens with zero attached hydrogens (tertiary/aromatic N) is 4. The fourth-order valence-electron chi connectivity index (χ4n) is 3.33. The Kier molecular flexibility index (Phi) is 4.94. The van der Waals surface area contributed by atoms with Crippen LogP contribution < -0.4 is 4.90 Å². The minimum atomic E-state index is -5.53. The summed E-state index contributed by atoms with van der Waals surface area (Å²) in [6.07, 6.45) is -9.41. The molecule has 2 aliphatic heterocycles. The minimum absolute atomic E-state index is 0.178. The predicted molar refractivity (Wildman–Crippen MR) is 83.6 cm³/mol. The Morgan fingerprint density at radius 2 is 1.67 bits per heavy atom. The van der Waals surface area contributed by atoms with Crippen molar-refractivity contribution in [1.29, 1.82) is 0 Å². The molecule has 27 heavy (non-hydrogen) atoms. The van der Waals surface area contributed by atoms with Crippen LogP contribution in [0.4, 0.5) is 32.3 Å². The number of aromatic nitrogens is 2. The molecule has 0 aromatic carbocycles. The maximum Gasteiger partial charge on any atom is 0.404 e. The molecule has 5 nitrogen and oxygen atoms in total. The number of hydrogen-bond donors (Lipinski definition) is 0. The number of amides is 1. The summed E-state index contributed by atoms with van der Waals surface area (Å²) in [4.78, 5) is 22.8. The molecule has 2 fully saturated rings. The Bertz CT molecular complexity index is 718. The lowest BCUT2D eigenvalue weighted by Crippen LogP contribution is -2.52. The van der Waals surface area contributed by atoms with E-state index in [2.05, 4.69) is 9.97 Å². The van der Waals surface area contributed by atoms with Gasteiger partial charge in [0.1, 0.15) is 0 Å². The van der Waals surface area contributed by atoms with Gasteiger partial charge in [0.2, 0.25) is 5.95 Å². The molecule has 0 saturated carbocycles. The summed E-state index contributed by atoms with van der Waals surface area (Å²) >= 11 is 5.89. The molecule has 1 amide bonds. The van der Waals surface area contributed by atoms with Crippen LogP contribution in [0.15, 0.2) is 6.20 Å². The van der Waals surface area contributed by atoms with Crippen LogP contribution in [-0.2, 0) is 0 Å². The molecule has 1 aromatic rings. The fraction of sp³-hybridized carbons (Fsp3) is 0.667. The predicted octanol–water partition coefficient (Wildman–Crippen LogP) is 3.69. The number of likely N-dealkylation sites (tertiary alicyclic amines) is 1. The van der Waals surface area contributed by atoms with Gasteiger partial charge in [-0.1, -0.05) is 11.6 Å². The molecule has 150 valence electrons. The third kappa shape index (κ3) is 3.41. The molecule has 2 saturated heterocycles. The van der Waals surface area contributed by atoms with Crippen LogP contribution in [0, 0.1) is 5.41 Å². The van der Waals surface area contributed by atoms with E-state index in [4.69, 9.17) is 11.6 Å². The second-order valence-corrected chi connectivity index (χ2v) is 7.02. The van der Waals surface area contributed by atoms with Gasteiger partial charge in [0.15, 0.2) is 11.1 Å². The first-order valence-electron chi connectivity index (χ1n) is 8.16. The standard InChI is InChI=1S/C15H15ClF6N4O/c16-9-7-23-12(25-4-1-2-5-25)24-10(9)11(27)26-6-3-13(8-26,14(17,18)19)15(20,21)22/h7H,1-6,8H2. The van der Waals surface area contributed by atoms with E-state index in [0.29, 0.717) is 18.0 Å². The Morgan fingerprint density at radius 3 is 2.19 bits per heavy atom. The van der Waals surface area contributed by atoms with Crippen molar-refractivity contribution in [2.45, 2.75) is 31.6 Å². The van der Waals surface area contributed by atoms with Crippen molar-refractivity contribution in [2.75, 3.05) is 31.1 Å². The first-order valence-corrected chi connectivity index (χ1v) is 8.54. The molecule has 3 heterocycles. The highest BCUT2D eigenvalue weighted by molar-refractivity contribution is 6.33. The van der Waals surface area contributed by atoms with E-state index in [0.717, 1.165) is 19.0 Å². The van der Waals surface area contributed by atoms with E-state index in [9.17, 15) is 31.1 Å². The zero-order valence-corrected chi connectivity index (χ0v) is 14.6. The van der Waals surface area contributed by atoms with Crippen molar-refractivity contribution in [3.8, 4) is 0 Å². The number of alkyl halides is 6. The zero-order chi connectivity index (χ0) is 20.0. The van der Waals surface area contributed by atoms with Crippen LogP contribution in [-0.4, -0.2) is 59.3 Å². The quantitative estimate of drug-likeness (QED) is 0.690. The molecule has 2 aliphatic rings. The van der Waals surface area contributed by atoms with Crippen LogP contribution in [0.2, 0.25) is 5.02 Å². The Hall–Kier alpha value is -1.78.